The molecule has 16 heavy (non-hydrogen) atoms. The lowest BCUT2D eigenvalue weighted by atomic mass is 10.00. The van der Waals surface area contributed by atoms with Crippen molar-refractivity contribution in [3.8, 4) is 0 Å². The van der Waals surface area contributed by atoms with Crippen molar-refractivity contribution in [2.75, 3.05) is 6.54 Å². The highest BCUT2D eigenvalue weighted by atomic mass is 79.9. The van der Waals surface area contributed by atoms with E-state index in [1.807, 2.05) is 24.3 Å². The van der Waals surface area contributed by atoms with Crippen molar-refractivity contribution in [1.82, 2.24) is 4.90 Å². The molecular weight excluding hydrogens is 280 g/mol. The van der Waals surface area contributed by atoms with Gasteiger partial charge in [0.15, 0.2) is 0 Å². The fourth-order valence-electron chi connectivity index (χ4n) is 1.85. The molecule has 1 aromatic carbocycles. The number of halogens is 3. The summed E-state index contributed by atoms with van der Waals surface area (Å²) in [6.45, 7) is 0.604. The van der Waals surface area contributed by atoms with Gasteiger partial charge in [-0.3, -0.25) is 4.79 Å². The van der Waals surface area contributed by atoms with Crippen LogP contribution in [0.3, 0.4) is 0 Å². The monoisotopic (exact) mass is 289 g/mol. The minimum absolute atomic E-state index is 0.260. The van der Waals surface area contributed by atoms with E-state index in [2.05, 4.69) is 15.9 Å². The van der Waals surface area contributed by atoms with Crippen molar-refractivity contribution >= 4 is 21.8 Å². The molecule has 1 heterocycles. The third-order valence-corrected chi connectivity index (χ3v) is 3.00. The Morgan fingerprint density at radius 3 is 2.56 bits per heavy atom. The second-order valence-corrected chi connectivity index (χ2v) is 4.74. The molecule has 2 rings (SSSR count). The number of hydrogen-bond donors (Lipinski definition) is 0. The minimum Gasteiger partial charge on any atom is -0.332 e. The summed E-state index contributed by atoms with van der Waals surface area (Å²) in [6.07, 6.45) is 0.630. The standard InChI is InChI=1S/C11H10BrF2NO/c12-11(13,14)10(16)15-6-5-8-3-1-2-4-9(8)7-15/h1-4H,5-7H2. The molecule has 2 nitrogen and oxygen atoms in total. The molecule has 0 atom stereocenters. The van der Waals surface area contributed by atoms with Crippen molar-refractivity contribution in [2.24, 2.45) is 0 Å². The highest BCUT2D eigenvalue weighted by molar-refractivity contribution is 9.10. The molecule has 1 amide bonds. The van der Waals surface area contributed by atoms with Gasteiger partial charge < -0.3 is 4.90 Å². The molecular formula is C11H10BrF2NO. The summed E-state index contributed by atoms with van der Waals surface area (Å²) in [7, 11) is 0. The summed E-state index contributed by atoms with van der Waals surface area (Å²) in [6, 6.07) is 7.58. The van der Waals surface area contributed by atoms with Gasteiger partial charge in [0, 0.05) is 29.0 Å². The molecule has 0 spiro atoms. The first-order valence-electron chi connectivity index (χ1n) is 4.91. The molecule has 0 radical (unpaired) electrons. The average Bonchev–Trinajstić information content (AvgIpc) is 2.26. The Morgan fingerprint density at radius 1 is 1.31 bits per heavy atom. The lowest BCUT2D eigenvalue weighted by Gasteiger charge is -2.29. The second-order valence-electron chi connectivity index (χ2n) is 3.74. The van der Waals surface area contributed by atoms with Crippen LogP contribution in [0.2, 0.25) is 0 Å². The number of nitrogens with zero attached hydrogens (tertiary/aromatic N) is 1. The molecule has 0 saturated heterocycles. The van der Waals surface area contributed by atoms with Gasteiger partial charge in [0.25, 0.3) is 0 Å². The summed E-state index contributed by atoms with van der Waals surface area (Å²) < 4.78 is 25.6. The van der Waals surface area contributed by atoms with Crippen LogP contribution in [0.1, 0.15) is 11.1 Å². The lowest BCUT2D eigenvalue weighted by molar-refractivity contribution is -0.146. The van der Waals surface area contributed by atoms with Crippen LogP contribution in [-0.4, -0.2) is 22.2 Å². The van der Waals surface area contributed by atoms with E-state index in [1.165, 1.54) is 4.90 Å². The Labute approximate surface area is 100 Å². The molecule has 0 N–H and O–H groups in total. The zero-order valence-electron chi connectivity index (χ0n) is 8.42. The summed E-state index contributed by atoms with van der Waals surface area (Å²) in [5.41, 5.74) is 2.07. The Balaban J connectivity index is 2.17. The molecule has 0 aliphatic carbocycles. The van der Waals surface area contributed by atoms with Gasteiger partial charge in [0.2, 0.25) is 0 Å². The normalized spacial score (nSPS) is 15.8. The first kappa shape index (κ1) is 11.5. The third kappa shape index (κ3) is 2.24. The van der Waals surface area contributed by atoms with Crippen molar-refractivity contribution in [1.29, 1.82) is 0 Å². The maximum absolute atomic E-state index is 12.8. The van der Waals surface area contributed by atoms with Gasteiger partial charge >= 0.3 is 10.7 Å². The van der Waals surface area contributed by atoms with Crippen LogP contribution in [0.4, 0.5) is 8.78 Å². The molecule has 0 unspecified atom stereocenters. The molecule has 0 aromatic heterocycles. The van der Waals surface area contributed by atoms with E-state index < -0.39 is 10.7 Å². The predicted molar refractivity (Wildman–Crippen MR) is 59.4 cm³/mol. The third-order valence-electron chi connectivity index (χ3n) is 2.66. The van der Waals surface area contributed by atoms with Gasteiger partial charge in [0.1, 0.15) is 0 Å². The van der Waals surface area contributed by atoms with Crippen LogP contribution in [0.25, 0.3) is 0 Å². The first-order chi connectivity index (χ1) is 7.48. The van der Waals surface area contributed by atoms with Crippen LogP contribution in [0, 0.1) is 0 Å². The predicted octanol–water partition coefficient (Wildman–Crippen LogP) is 2.56. The molecule has 0 saturated carbocycles. The van der Waals surface area contributed by atoms with E-state index in [4.69, 9.17) is 0 Å². The van der Waals surface area contributed by atoms with Crippen LogP contribution in [0.15, 0.2) is 24.3 Å². The van der Waals surface area contributed by atoms with Crippen LogP contribution in [0.5, 0.6) is 0 Å². The maximum atomic E-state index is 12.8. The fraction of sp³-hybridized carbons (Fsp3) is 0.364. The Hall–Kier alpha value is -0.970. The number of carbonyl (C=O) groups excluding carboxylic acids is 1. The van der Waals surface area contributed by atoms with Crippen molar-refractivity contribution < 1.29 is 13.6 Å². The largest absolute Gasteiger partial charge is 0.377 e. The Morgan fingerprint density at radius 2 is 1.94 bits per heavy atom. The van der Waals surface area contributed by atoms with E-state index in [0.29, 0.717) is 13.0 Å². The van der Waals surface area contributed by atoms with Gasteiger partial charge in [-0.25, -0.2) is 0 Å². The van der Waals surface area contributed by atoms with E-state index in [0.717, 1.165) is 11.1 Å². The van der Waals surface area contributed by atoms with Gasteiger partial charge in [-0.1, -0.05) is 24.3 Å². The van der Waals surface area contributed by atoms with E-state index >= 15 is 0 Å². The van der Waals surface area contributed by atoms with Gasteiger partial charge in [-0.15, -0.1) is 0 Å². The molecule has 0 bridgehead atoms. The van der Waals surface area contributed by atoms with Crippen LogP contribution in [-0.2, 0) is 17.8 Å². The first-order valence-corrected chi connectivity index (χ1v) is 5.70. The number of fused-ring (bicyclic) bond motifs is 1. The molecule has 1 aliphatic rings. The molecule has 0 fully saturated rings. The van der Waals surface area contributed by atoms with Gasteiger partial charge in [-0.2, -0.15) is 8.78 Å². The molecule has 5 heteroatoms. The number of alkyl halides is 3. The molecule has 1 aliphatic heterocycles. The molecule has 86 valence electrons. The maximum Gasteiger partial charge on any atom is 0.377 e. The van der Waals surface area contributed by atoms with Gasteiger partial charge in [0.05, 0.1) is 0 Å². The Kier molecular flexibility index (Phi) is 2.97. The van der Waals surface area contributed by atoms with Crippen molar-refractivity contribution in [2.45, 2.75) is 17.8 Å². The number of carbonyl (C=O) groups is 1. The fourth-order valence-corrected chi connectivity index (χ4v) is 2.10. The van der Waals surface area contributed by atoms with Crippen LogP contribution < -0.4 is 0 Å². The van der Waals surface area contributed by atoms with E-state index in [9.17, 15) is 13.6 Å². The number of rotatable bonds is 1. The second kappa shape index (κ2) is 4.13. The number of hydrogen-bond acceptors (Lipinski definition) is 1. The van der Waals surface area contributed by atoms with E-state index in [1.54, 1.807) is 0 Å². The number of amides is 1. The highest BCUT2D eigenvalue weighted by Crippen LogP contribution is 2.27. The van der Waals surface area contributed by atoms with Crippen LogP contribution >= 0.6 is 15.9 Å². The quantitative estimate of drug-likeness (QED) is 0.728. The summed E-state index contributed by atoms with van der Waals surface area (Å²) in [5.74, 6) is -1.16. The number of benzene rings is 1. The lowest BCUT2D eigenvalue weighted by Crippen LogP contribution is -2.42. The SMILES string of the molecule is O=C(N1CCc2ccccc2C1)C(F)(F)Br. The smallest absolute Gasteiger partial charge is 0.332 e. The van der Waals surface area contributed by atoms with Gasteiger partial charge in [-0.05, 0) is 17.5 Å². The molecule has 1 aromatic rings. The minimum atomic E-state index is -3.46. The van der Waals surface area contributed by atoms with E-state index in [-0.39, 0.29) is 6.54 Å². The zero-order valence-corrected chi connectivity index (χ0v) is 10.0. The van der Waals surface area contributed by atoms with Crippen molar-refractivity contribution in [3.05, 3.63) is 35.4 Å². The average molecular weight is 290 g/mol. The summed E-state index contributed by atoms with van der Waals surface area (Å²) in [4.78, 5) is 9.08. The zero-order chi connectivity index (χ0) is 11.8. The summed E-state index contributed by atoms with van der Waals surface area (Å²) >= 11 is 2.09. The Bertz CT molecular complexity index is 417. The highest BCUT2D eigenvalue weighted by Gasteiger charge is 2.39. The topological polar surface area (TPSA) is 20.3 Å². The summed E-state index contributed by atoms with van der Waals surface area (Å²) in [5, 5.41) is 0. The van der Waals surface area contributed by atoms with Crippen molar-refractivity contribution in [3.63, 3.8) is 0 Å².